The van der Waals surface area contributed by atoms with Gasteiger partial charge in [-0.1, -0.05) is 29.8 Å². The summed E-state index contributed by atoms with van der Waals surface area (Å²) in [5.74, 6) is -1.21. The third-order valence-electron chi connectivity index (χ3n) is 3.82. The first-order valence-electron chi connectivity index (χ1n) is 8.88. The SMILES string of the molecule is CC(=O)Nc1cc(NC(C)=O)cc(C(=O)OCc2csc(-c3ccccc3Cl)n2)c1. The summed E-state index contributed by atoms with van der Waals surface area (Å²) in [5, 5.41) is 8.30. The van der Waals surface area contributed by atoms with Crippen LogP contribution in [-0.2, 0) is 20.9 Å². The average molecular weight is 444 g/mol. The zero-order chi connectivity index (χ0) is 21.7. The van der Waals surface area contributed by atoms with Crippen molar-refractivity contribution in [3.05, 3.63) is 64.1 Å². The predicted octanol–water partition coefficient (Wildman–Crippen LogP) is 4.74. The molecule has 0 aliphatic heterocycles. The zero-order valence-corrected chi connectivity index (χ0v) is 17.8. The lowest BCUT2D eigenvalue weighted by Gasteiger charge is -2.10. The van der Waals surface area contributed by atoms with Crippen LogP contribution >= 0.6 is 22.9 Å². The molecule has 2 aromatic carbocycles. The number of rotatable bonds is 6. The second kappa shape index (κ2) is 9.51. The predicted molar refractivity (Wildman–Crippen MR) is 117 cm³/mol. The number of hydrogen-bond donors (Lipinski definition) is 2. The van der Waals surface area contributed by atoms with Gasteiger partial charge in [0, 0.05) is 36.2 Å². The van der Waals surface area contributed by atoms with Gasteiger partial charge in [0.05, 0.1) is 16.3 Å². The fraction of sp³-hybridized carbons (Fsp3) is 0.143. The first kappa shape index (κ1) is 21.5. The first-order valence-corrected chi connectivity index (χ1v) is 10.1. The number of carbonyl (C=O) groups excluding carboxylic acids is 3. The topological polar surface area (TPSA) is 97.4 Å². The summed E-state index contributed by atoms with van der Waals surface area (Å²) < 4.78 is 5.36. The molecule has 0 saturated heterocycles. The van der Waals surface area contributed by atoms with Crippen LogP contribution in [-0.4, -0.2) is 22.8 Å². The van der Waals surface area contributed by atoms with Crippen molar-refractivity contribution in [3.8, 4) is 10.6 Å². The van der Waals surface area contributed by atoms with Gasteiger partial charge in [-0.15, -0.1) is 11.3 Å². The lowest BCUT2D eigenvalue weighted by molar-refractivity contribution is -0.115. The van der Waals surface area contributed by atoms with Gasteiger partial charge in [0.15, 0.2) is 0 Å². The van der Waals surface area contributed by atoms with Crippen molar-refractivity contribution >= 4 is 52.1 Å². The van der Waals surface area contributed by atoms with Gasteiger partial charge in [0.25, 0.3) is 0 Å². The van der Waals surface area contributed by atoms with E-state index in [4.69, 9.17) is 16.3 Å². The van der Waals surface area contributed by atoms with Crippen LogP contribution in [0.4, 0.5) is 11.4 Å². The third kappa shape index (κ3) is 5.65. The molecule has 1 heterocycles. The lowest BCUT2D eigenvalue weighted by atomic mass is 10.1. The number of esters is 1. The summed E-state index contributed by atoms with van der Waals surface area (Å²) in [6, 6.07) is 11.9. The molecule has 1 aromatic heterocycles. The standard InChI is InChI=1S/C21H18ClN3O4S/c1-12(26)23-15-7-14(8-16(9-15)24-13(2)27)21(28)29-10-17-11-30-20(25-17)18-5-3-4-6-19(18)22/h3-9,11H,10H2,1-2H3,(H,23,26)(H,24,27). The Kier molecular flexibility index (Phi) is 6.81. The maximum absolute atomic E-state index is 12.5. The van der Waals surface area contributed by atoms with Gasteiger partial charge < -0.3 is 15.4 Å². The molecular weight excluding hydrogens is 426 g/mol. The van der Waals surface area contributed by atoms with Gasteiger partial charge in [-0.3, -0.25) is 9.59 Å². The Bertz CT molecular complexity index is 1080. The van der Waals surface area contributed by atoms with Crippen LogP contribution in [0.2, 0.25) is 5.02 Å². The fourth-order valence-corrected chi connectivity index (χ4v) is 3.78. The van der Waals surface area contributed by atoms with Crippen molar-refractivity contribution in [3.63, 3.8) is 0 Å². The smallest absolute Gasteiger partial charge is 0.338 e. The van der Waals surface area contributed by atoms with E-state index in [0.29, 0.717) is 22.1 Å². The summed E-state index contributed by atoms with van der Waals surface area (Å²) in [5.41, 5.74) is 2.32. The minimum atomic E-state index is -0.610. The first-order chi connectivity index (χ1) is 14.3. The van der Waals surface area contributed by atoms with Crippen LogP contribution in [0, 0.1) is 0 Å². The monoisotopic (exact) mass is 443 g/mol. The van der Waals surface area contributed by atoms with Gasteiger partial charge in [-0.25, -0.2) is 9.78 Å². The van der Waals surface area contributed by atoms with Crippen molar-refractivity contribution in [2.45, 2.75) is 20.5 Å². The molecule has 2 N–H and O–H groups in total. The molecule has 0 aliphatic rings. The molecule has 0 radical (unpaired) electrons. The molecule has 0 unspecified atom stereocenters. The van der Waals surface area contributed by atoms with Crippen LogP contribution in [0.15, 0.2) is 47.8 Å². The Hall–Kier alpha value is -3.23. The highest BCUT2D eigenvalue weighted by atomic mass is 35.5. The van der Waals surface area contributed by atoms with E-state index in [1.165, 1.54) is 37.3 Å². The van der Waals surface area contributed by atoms with Gasteiger partial charge in [-0.05, 0) is 24.3 Å². The molecule has 30 heavy (non-hydrogen) atoms. The van der Waals surface area contributed by atoms with Gasteiger partial charge in [-0.2, -0.15) is 0 Å². The van der Waals surface area contributed by atoms with Gasteiger partial charge >= 0.3 is 5.97 Å². The lowest BCUT2D eigenvalue weighted by Crippen LogP contribution is -2.12. The zero-order valence-electron chi connectivity index (χ0n) is 16.2. The van der Waals surface area contributed by atoms with Gasteiger partial charge in [0.2, 0.25) is 11.8 Å². The highest BCUT2D eigenvalue weighted by Gasteiger charge is 2.14. The van der Waals surface area contributed by atoms with E-state index >= 15 is 0 Å². The molecular formula is C21H18ClN3O4S. The Labute approximate surface area is 182 Å². The van der Waals surface area contributed by atoms with Crippen LogP contribution in [0.25, 0.3) is 10.6 Å². The second-order valence-electron chi connectivity index (χ2n) is 6.36. The summed E-state index contributed by atoms with van der Waals surface area (Å²) in [4.78, 5) is 39.7. The molecule has 0 bridgehead atoms. The van der Waals surface area contributed by atoms with E-state index in [2.05, 4.69) is 15.6 Å². The van der Waals surface area contributed by atoms with E-state index in [-0.39, 0.29) is 24.0 Å². The molecule has 0 spiro atoms. The number of hydrogen-bond acceptors (Lipinski definition) is 6. The minimum Gasteiger partial charge on any atom is -0.456 e. The molecule has 154 valence electrons. The third-order valence-corrected chi connectivity index (χ3v) is 5.07. The molecule has 0 fully saturated rings. The Morgan fingerprint density at radius 2 is 1.67 bits per heavy atom. The maximum Gasteiger partial charge on any atom is 0.338 e. The number of aromatic nitrogens is 1. The van der Waals surface area contributed by atoms with E-state index in [1.54, 1.807) is 17.5 Å². The summed E-state index contributed by atoms with van der Waals surface area (Å²) in [6.45, 7) is 2.67. The number of halogens is 1. The number of thiazole rings is 1. The molecule has 2 amide bonds. The summed E-state index contributed by atoms with van der Waals surface area (Å²) in [6.07, 6.45) is 0. The Morgan fingerprint density at radius 1 is 1.03 bits per heavy atom. The van der Waals surface area contributed by atoms with Crippen LogP contribution in [0.5, 0.6) is 0 Å². The second-order valence-corrected chi connectivity index (χ2v) is 7.63. The minimum absolute atomic E-state index is 0.0282. The molecule has 7 nitrogen and oxygen atoms in total. The highest BCUT2D eigenvalue weighted by Crippen LogP contribution is 2.30. The van der Waals surface area contributed by atoms with E-state index < -0.39 is 5.97 Å². The summed E-state index contributed by atoms with van der Waals surface area (Å²) >= 11 is 7.60. The van der Waals surface area contributed by atoms with Crippen molar-refractivity contribution in [2.24, 2.45) is 0 Å². The molecule has 9 heteroatoms. The highest BCUT2D eigenvalue weighted by molar-refractivity contribution is 7.13. The number of ether oxygens (including phenoxy) is 1. The van der Waals surface area contributed by atoms with E-state index in [0.717, 1.165) is 10.6 Å². The fourth-order valence-electron chi connectivity index (χ4n) is 2.65. The molecule has 0 atom stereocenters. The quantitative estimate of drug-likeness (QED) is 0.536. The number of nitrogens with zero attached hydrogens (tertiary/aromatic N) is 1. The molecule has 3 aromatic rings. The van der Waals surface area contributed by atoms with Crippen LogP contribution < -0.4 is 10.6 Å². The van der Waals surface area contributed by atoms with Crippen LogP contribution in [0.3, 0.4) is 0 Å². The number of carbonyl (C=O) groups is 3. The van der Waals surface area contributed by atoms with Crippen molar-refractivity contribution in [2.75, 3.05) is 10.6 Å². The maximum atomic E-state index is 12.5. The van der Waals surface area contributed by atoms with Crippen LogP contribution in [0.1, 0.15) is 29.9 Å². The normalized spacial score (nSPS) is 10.4. The Morgan fingerprint density at radius 3 is 2.27 bits per heavy atom. The van der Waals surface area contributed by atoms with Crippen molar-refractivity contribution < 1.29 is 19.1 Å². The molecule has 0 saturated carbocycles. The van der Waals surface area contributed by atoms with Crippen molar-refractivity contribution in [1.29, 1.82) is 0 Å². The van der Waals surface area contributed by atoms with E-state index in [9.17, 15) is 14.4 Å². The largest absolute Gasteiger partial charge is 0.456 e. The number of amides is 2. The number of nitrogens with one attached hydrogen (secondary N) is 2. The molecule has 3 rings (SSSR count). The molecule has 0 aliphatic carbocycles. The Balaban J connectivity index is 1.73. The number of benzene rings is 2. The van der Waals surface area contributed by atoms with E-state index in [1.807, 2.05) is 18.2 Å². The van der Waals surface area contributed by atoms with Gasteiger partial charge in [0.1, 0.15) is 11.6 Å². The number of anilines is 2. The summed E-state index contributed by atoms with van der Waals surface area (Å²) in [7, 11) is 0. The average Bonchev–Trinajstić information content (AvgIpc) is 3.14. The van der Waals surface area contributed by atoms with Crippen molar-refractivity contribution in [1.82, 2.24) is 4.98 Å².